The van der Waals surface area contributed by atoms with Gasteiger partial charge in [-0.3, -0.25) is 0 Å². The summed E-state index contributed by atoms with van der Waals surface area (Å²) in [6.07, 6.45) is -0.306. The van der Waals surface area contributed by atoms with Crippen molar-refractivity contribution in [2.24, 2.45) is 11.7 Å². The highest BCUT2D eigenvalue weighted by Gasteiger charge is 2.38. The first-order chi connectivity index (χ1) is 8.37. The summed E-state index contributed by atoms with van der Waals surface area (Å²) in [4.78, 5) is 13.3. The lowest BCUT2D eigenvalue weighted by Gasteiger charge is -2.41. The van der Waals surface area contributed by atoms with Crippen LogP contribution in [0.1, 0.15) is 32.6 Å². The van der Waals surface area contributed by atoms with E-state index >= 15 is 0 Å². The highest BCUT2D eigenvalue weighted by Crippen LogP contribution is 2.27. The number of aromatic amines is 1. The third-order valence-electron chi connectivity index (χ3n) is 2.73. The minimum absolute atomic E-state index is 0.148. The number of carbonyl (C=O) groups excluding carboxylic acids is 1. The molecule has 8 heteroatoms. The Balaban J connectivity index is 1.82. The first-order valence-electron chi connectivity index (χ1n) is 5.83. The van der Waals surface area contributed by atoms with Crippen molar-refractivity contribution >= 4 is 6.09 Å². The standard InChI is InChI=1S/C10H18N6O2/c1-10(2,3)18-9(17)16-4-6(5-16)7(11)8-12-14-15-13-8/h6-7H,4-5,11H2,1-3H3,(H,12,13,14,15). The number of likely N-dealkylation sites (tertiary alicyclic amines) is 1. The number of nitrogens with one attached hydrogen (secondary N) is 1. The molecule has 0 aromatic carbocycles. The van der Waals surface area contributed by atoms with Crippen LogP contribution in [0.15, 0.2) is 0 Å². The molecular formula is C10H18N6O2. The number of rotatable bonds is 2. The molecule has 0 bridgehead atoms. The van der Waals surface area contributed by atoms with Crippen molar-refractivity contribution < 1.29 is 9.53 Å². The van der Waals surface area contributed by atoms with Crippen LogP contribution in [0.3, 0.4) is 0 Å². The van der Waals surface area contributed by atoms with E-state index in [2.05, 4.69) is 20.6 Å². The van der Waals surface area contributed by atoms with Gasteiger partial charge in [0.15, 0.2) is 5.82 Å². The van der Waals surface area contributed by atoms with E-state index in [1.165, 1.54) is 0 Å². The summed E-state index contributed by atoms with van der Waals surface area (Å²) < 4.78 is 5.26. The van der Waals surface area contributed by atoms with Crippen LogP contribution >= 0.6 is 0 Å². The summed E-state index contributed by atoms with van der Waals surface area (Å²) in [5.74, 6) is 0.624. The topological polar surface area (TPSA) is 110 Å². The quantitative estimate of drug-likeness (QED) is 0.772. The number of ether oxygens (including phenoxy) is 1. The molecule has 1 aliphatic rings. The molecule has 0 saturated carbocycles. The second kappa shape index (κ2) is 4.52. The van der Waals surface area contributed by atoms with E-state index in [4.69, 9.17) is 10.5 Å². The van der Waals surface area contributed by atoms with E-state index in [0.717, 1.165) is 0 Å². The lowest BCUT2D eigenvalue weighted by molar-refractivity contribution is -0.00521. The normalized spacial score (nSPS) is 18.3. The molecule has 1 aliphatic heterocycles. The minimum atomic E-state index is -0.474. The van der Waals surface area contributed by atoms with E-state index in [9.17, 15) is 4.79 Å². The molecule has 18 heavy (non-hydrogen) atoms. The number of hydrogen-bond acceptors (Lipinski definition) is 6. The zero-order valence-electron chi connectivity index (χ0n) is 10.8. The van der Waals surface area contributed by atoms with E-state index < -0.39 is 5.60 Å². The van der Waals surface area contributed by atoms with Gasteiger partial charge in [-0.2, -0.15) is 5.21 Å². The third kappa shape index (κ3) is 2.76. The summed E-state index contributed by atoms with van der Waals surface area (Å²) in [7, 11) is 0. The largest absolute Gasteiger partial charge is 0.444 e. The third-order valence-corrected chi connectivity index (χ3v) is 2.73. The molecule has 3 N–H and O–H groups in total. The fourth-order valence-corrected chi connectivity index (χ4v) is 1.74. The predicted octanol–water partition coefficient (Wildman–Crippen LogP) is 0.0664. The average Bonchev–Trinajstić information content (AvgIpc) is 2.63. The Morgan fingerprint density at radius 3 is 2.72 bits per heavy atom. The fraction of sp³-hybridized carbons (Fsp3) is 0.800. The predicted molar refractivity (Wildman–Crippen MR) is 62.4 cm³/mol. The van der Waals surface area contributed by atoms with E-state index in [1.807, 2.05) is 20.8 Å². The molecule has 0 spiro atoms. The Morgan fingerprint density at radius 2 is 2.22 bits per heavy atom. The van der Waals surface area contributed by atoms with Crippen molar-refractivity contribution in [1.29, 1.82) is 0 Å². The van der Waals surface area contributed by atoms with Gasteiger partial charge < -0.3 is 15.4 Å². The molecule has 1 atom stereocenters. The van der Waals surface area contributed by atoms with Gasteiger partial charge in [0.1, 0.15) is 5.60 Å². The van der Waals surface area contributed by atoms with E-state index in [-0.39, 0.29) is 18.1 Å². The lowest BCUT2D eigenvalue weighted by Crippen LogP contribution is -2.54. The average molecular weight is 254 g/mol. The second-order valence-corrected chi connectivity index (χ2v) is 5.44. The maximum Gasteiger partial charge on any atom is 0.410 e. The molecule has 1 unspecified atom stereocenters. The van der Waals surface area contributed by atoms with E-state index in [1.54, 1.807) is 4.90 Å². The number of tetrazole rings is 1. The highest BCUT2D eigenvalue weighted by molar-refractivity contribution is 5.69. The van der Waals surface area contributed by atoms with Crippen molar-refractivity contribution in [2.75, 3.05) is 13.1 Å². The zero-order valence-corrected chi connectivity index (χ0v) is 10.8. The minimum Gasteiger partial charge on any atom is -0.444 e. The Hall–Kier alpha value is -1.70. The Kier molecular flexibility index (Phi) is 3.20. The smallest absolute Gasteiger partial charge is 0.410 e. The number of nitrogens with zero attached hydrogens (tertiary/aromatic N) is 4. The molecular weight excluding hydrogens is 236 g/mol. The molecule has 1 aromatic rings. The summed E-state index contributed by atoms with van der Waals surface area (Å²) in [5.41, 5.74) is 5.50. The van der Waals surface area contributed by atoms with Crippen LogP contribution in [0.2, 0.25) is 0 Å². The zero-order chi connectivity index (χ0) is 13.3. The maximum absolute atomic E-state index is 11.7. The first kappa shape index (κ1) is 12.7. The summed E-state index contributed by atoms with van der Waals surface area (Å²) >= 11 is 0. The van der Waals surface area contributed by atoms with Gasteiger partial charge in [0.05, 0.1) is 6.04 Å². The molecule has 8 nitrogen and oxygen atoms in total. The molecule has 0 radical (unpaired) electrons. The van der Waals surface area contributed by atoms with Gasteiger partial charge in [-0.15, -0.1) is 10.2 Å². The summed E-state index contributed by atoms with van der Waals surface area (Å²) in [6.45, 7) is 6.64. The van der Waals surface area contributed by atoms with Crippen molar-refractivity contribution in [3.63, 3.8) is 0 Å². The van der Waals surface area contributed by atoms with Gasteiger partial charge in [0.2, 0.25) is 0 Å². The van der Waals surface area contributed by atoms with Gasteiger partial charge in [-0.05, 0) is 20.8 Å². The summed E-state index contributed by atoms with van der Waals surface area (Å²) in [5, 5.41) is 13.5. The number of hydrogen-bond donors (Lipinski definition) is 2. The molecule has 1 fully saturated rings. The van der Waals surface area contributed by atoms with Crippen LogP contribution in [0.4, 0.5) is 4.79 Å². The molecule has 2 heterocycles. The van der Waals surface area contributed by atoms with Gasteiger partial charge in [0.25, 0.3) is 0 Å². The van der Waals surface area contributed by atoms with Crippen LogP contribution in [-0.4, -0.2) is 50.3 Å². The Labute approximate surface area is 105 Å². The number of aromatic nitrogens is 4. The first-order valence-corrected chi connectivity index (χ1v) is 5.83. The number of nitrogens with two attached hydrogens (primary N) is 1. The van der Waals surface area contributed by atoms with Crippen molar-refractivity contribution in [3.8, 4) is 0 Å². The molecule has 1 amide bonds. The molecule has 100 valence electrons. The number of carbonyl (C=O) groups is 1. The van der Waals surface area contributed by atoms with Crippen LogP contribution in [0.25, 0.3) is 0 Å². The summed E-state index contributed by atoms with van der Waals surface area (Å²) in [6, 6.07) is -0.303. The van der Waals surface area contributed by atoms with Gasteiger partial charge in [-0.1, -0.05) is 5.21 Å². The van der Waals surface area contributed by atoms with Crippen LogP contribution < -0.4 is 5.73 Å². The SMILES string of the molecule is CC(C)(C)OC(=O)N1CC(C(N)c2nn[nH]n2)C1. The van der Waals surface area contributed by atoms with Crippen LogP contribution in [0, 0.1) is 5.92 Å². The number of H-pyrrole nitrogens is 1. The lowest BCUT2D eigenvalue weighted by atomic mass is 9.92. The molecule has 1 aromatic heterocycles. The Bertz CT molecular complexity index is 407. The van der Waals surface area contributed by atoms with Crippen molar-refractivity contribution in [2.45, 2.75) is 32.4 Å². The van der Waals surface area contributed by atoms with Crippen molar-refractivity contribution in [1.82, 2.24) is 25.5 Å². The monoisotopic (exact) mass is 254 g/mol. The molecule has 2 rings (SSSR count). The Morgan fingerprint density at radius 1 is 1.56 bits per heavy atom. The van der Waals surface area contributed by atoms with Gasteiger partial charge in [-0.25, -0.2) is 4.79 Å². The fourth-order valence-electron chi connectivity index (χ4n) is 1.74. The van der Waals surface area contributed by atoms with Crippen LogP contribution in [-0.2, 0) is 4.74 Å². The highest BCUT2D eigenvalue weighted by atomic mass is 16.6. The van der Waals surface area contributed by atoms with Crippen molar-refractivity contribution in [3.05, 3.63) is 5.82 Å². The molecule has 1 saturated heterocycles. The van der Waals surface area contributed by atoms with E-state index in [0.29, 0.717) is 18.9 Å². The van der Waals surface area contributed by atoms with Gasteiger partial charge in [0, 0.05) is 19.0 Å². The second-order valence-electron chi connectivity index (χ2n) is 5.44. The van der Waals surface area contributed by atoms with Gasteiger partial charge >= 0.3 is 6.09 Å². The number of amides is 1. The van der Waals surface area contributed by atoms with Crippen LogP contribution in [0.5, 0.6) is 0 Å². The molecule has 0 aliphatic carbocycles. The maximum atomic E-state index is 11.7.